The Labute approximate surface area is 144 Å². The first kappa shape index (κ1) is 18.1. The molecule has 0 fully saturated rings. The zero-order valence-corrected chi connectivity index (χ0v) is 13.9. The van der Waals surface area contributed by atoms with E-state index in [9.17, 15) is 18.0 Å². The van der Waals surface area contributed by atoms with Crippen molar-refractivity contribution in [2.75, 3.05) is 6.61 Å². The van der Waals surface area contributed by atoms with Gasteiger partial charge >= 0.3 is 6.36 Å². The number of hydrogen-bond acceptors (Lipinski definition) is 3. The predicted octanol–water partition coefficient (Wildman–Crippen LogP) is 4.04. The van der Waals surface area contributed by atoms with Crippen molar-refractivity contribution < 1.29 is 27.4 Å². The lowest BCUT2D eigenvalue weighted by Gasteiger charge is -2.14. The Bertz CT molecular complexity index is 707. The second-order valence-electron chi connectivity index (χ2n) is 4.65. The van der Waals surface area contributed by atoms with Gasteiger partial charge in [-0.3, -0.25) is 4.79 Å². The number of nitrogens with one attached hydrogen (secondary N) is 1. The Kier molecular flexibility index (Phi) is 6.08. The van der Waals surface area contributed by atoms with E-state index in [2.05, 4.69) is 26.0 Å². The number of ether oxygens (including phenoxy) is 2. The second-order valence-corrected chi connectivity index (χ2v) is 5.51. The molecule has 0 saturated carbocycles. The van der Waals surface area contributed by atoms with Crippen molar-refractivity contribution in [2.24, 2.45) is 0 Å². The van der Waals surface area contributed by atoms with E-state index in [0.29, 0.717) is 10.2 Å². The smallest absolute Gasteiger partial charge is 0.483 e. The number of carbonyl (C=O) groups is 1. The lowest BCUT2D eigenvalue weighted by Crippen LogP contribution is -2.29. The molecule has 0 heterocycles. The molecule has 2 aromatic rings. The number of hydrogen-bond donors (Lipinski definition) is 1. The van der Waals surface area contributed by atoms with Crippen molar-refractivity contribution >= 4 is 21.8 Å². The molecule has 128 valence electrons. The number of halogens is 4. The van der Waals surface area contributed by atoms with Crippen LogP contribution < -0.4 is 14.8 Å². The summed E-state index contributed by atoms with van der Waals surface area (Å²) in [6.07, 6.45) is -4.79. The van der Waals surface area contributed by atoms with Gasteiger partial charge in [-0.2, -0.15) is 0 Å². The highest BCUT2D eigenvalue weighted by Crippen LogP contribution is 2.26. The van der Waals surface area contributed by atoms with Crippen LogP contribution in [0.1, 0.15) is 5.56 Å². The standard InChI is InChI=1S/C16H13BrF3NO3/c17-12-6-2-4-8-14(12)23-10-15(22)21-9-11-5-1-3-7-13(11)24-16(18,19)20/h1-8H,9-10H2,(H,21,22). The van der Waals surface area contributed by atoms with Crippen molar-refractivity contribution in [1.29, 1.82) is 0 Å². The maximum atomic E-state index is 12.3. The van der Waals surface area contributed by atoms with Gasteiger partial charge < -0.3 is 14.8 Å². The molecule has 0 bridgehead atoms. The molecule has 0 atom stereocenters. The molecule has 4 nitrogen and oxygen atoms in total. The van der Waals surface area contributed by atoms with Crippen LogP contribution in [-0.2, 0) is 11.3 Å². The fraction of sp³-hybridized carbons (Fsp3) is 0.188. The van der Waals surface area contributed by atoms with Gasteiger partial charge in [-0.25, -0.2) is 0 Å². The van der Waals surface area contributed by atoms with Gasteiger partial charge in [-0.15, -0.1) is 13.2 Å². The minimum Gasteiger partial charge on any atom is -0.483 e. The number of carbonyl (C=O) groups excluding carboxylic acids is 1. The highest BCUT2D eigenvalue weighted by molar-refractivity contribution is 9.10. The van der Waals surface area contributed by atoms with E-state index in [0.717, 1.165) is 0 Å². The third-order valence-electron chi connectivity index (χ3n) is 2.87. The normalized spacial score (nSPS) is 11.0. The molecule has 0 saturated heterocycles. The second kappa shape index (κ2) is 8.05. The van der Waals surface area contributed by atoms with E-state index < -0.39 is 12.3 Å². The van der Waals surface area contributed by atoms with E-state index in [-0.39, 0.29) is 24.5 Å². The first-order valence-corrected chi connectivity index (χ1v) is 7.62. The molecule has 2 aromatic carbocycles. The minimum atomic E-state index is -4.79. The van der Waals surface area contributed by atoms with Crippen LogP contribution in [0.5, 0.6) is 11.5 Å². The molecule has 8 heteroatoms. The molecular weight excluding hydrogens is 391 g/mol. The van der Waals surface area contributed by atoms with Crippen molar-refractivity contribution in [3.05, 3.63) is 58.6 Å². The summed E-state index contributed by atoms with van der Waals surface area (Å²) in [6, 6.07) is 12.6. The number of rotatable bonds is 6. The van der Waals surface area contributed by atoms with Crippen LogP contribution in [-0.4, -0.2) is 18.9 Å². The molecule has 0 unspecified atom stereocenters. The van der Waals surface area contributed by atoms with Gasteiger partial charge in [-0.05, 0) is 34.1 Å². The quantitative estimate of drug-likeness (QED) is 0.791. The third kappa shape index (κ3) is 5.77. The van der Waals surface area contributed by atoms with Crippen LogP contribution >= 0.6 is 15.9 Å². The van der Waals surface area contributed by atoms with Gasteiger partial charge in [0, 0.05) is 12.1 Å². The van der Waals surface area contributed by atoms with E-state index in [4.69, 9.17) is 4.74 Å². The lowest BCUT2D eigenvalue weighted by atomic mass is 10.2. The molecule has 0 aliphatic rings. The Morgan fingerprint density at radius 2 is 1.67 bits per heavy atom. The highest BCUT2D eigenvalue weighted by Gasteiger charge is 2.31. The average Bonchev–Trinajstić information content (AvgIpc) is 2.52. The summed E-state index contributed by atoms with van der Waals surface area (Å²) in [5, 5.41) is 2.49. The Morgan fingerprint density at radius 3 is 2.33 bits per heavy atom. The van der Waals surface area contributed by atoms with E-state index in [1.54, 1.807) is 30.3 Å². The van der Waals surface area contributed by atoms with Crippen molar-refractivity contribution in [2.45, 2.75) is 12.9 Å². The van der Waals surface area contributed by atoms with Crippen LogP contribution in [0.2, 0.25) is 0 Å². The summed E-state index contributed by atoms with van der Waals surface area (Å²) in [4.78, 5) is 11.8. The van der Waals surface area contributed by atoms with Crippen LogP contribution in [0.25, 0.3) is 0 Å². The fourth-order valence-corrected chi connectivity index (χ4v) is 2.22. The molecule has 0 aromatic heterocycles. The van der Waals surface area contributed by atoms with Gasteiger partial charge in [0.15, 0.2) is 6.61 Å². The first-order valence-electron chi connectivity index (χ1n) is 6.83. The number of alkyl halides is 3. The van der Waals surface area contributed by atoms with Gasteiger partial charge in [-0.1, -0.05) is 30.3 Å². The summed E-state index contributed by atoms with van der Waals surface area (Å²) >= 11 is 3.28. The Morgan fingerprint density at radius 1 is 1.04 bits per heavy atom. The molecule has 1 N–H and O–H groups in total. The molecule has 0 spiro atoms. The monoisotopic (exact) mass is 403 g/mol. The van der Waals surface area contributed by atoms with Gasteiger partial charge in [0.25, 0.3) is 5.91 Å². The molecule has 0 radical (unpaired) electrons. The maximum absolute atomic E-state index is 12.3. The van der Waals surface area contributed by atoms with Gasteiger partial charge in [0.1, 0.15) is 11.5 Å². The lowest BCUT2D eigenvalue weighted by molar-refractivity contribution is -0.274. The van der Waals surface area contributed by atoms with Crippen LogP contribution in [0, 0.1) is 0 Å². The molecule has 24 heavy (non-hydrogen) atoms. The topological polar surface area (TPSA) is 47.6 Å². The Hall–Kier alpha value is -2.22. The first-order chi connectivity index (χ1) is 11.3. The third-order valence-corrected chi connectivity index (χ3v) is 3.52. The van der Waals surface area contributed by atoms with Crippen LogP contribution in [0.15, 0.2) is 53.0 Å². The number of benzene rings is 2. The highest BCUT2D eigenvalue weighted by atomic mass is 79.9. The summed E-state index contributed by atoms with van der Waals surface area (Å²) in [5.74, 6) is -0.321. The molecule has 0 aliphatic heterocycles. The molecular formula is C16H13BrF3NO3. The van der Waals surface area contributed by atoms with Gasteiger partial charge in [0.05, 0.1) is 4.47 Å². The van der Waals surface area contributed by atoms with Crippen LogP contribution in [0.4, 0.5) is 13.2 Å². The summed E-state index contributed by atoms with van der Waals surface area (Å²) < 4.78 is 46.9. The van der Waals surface area contributed by atoms with Crippen molar-refractivity contribution in [3.63, 3.8) is 0 Å². The largest absolute Gasteiger partial charge is 0.573 e. The summed E-state index contributed by atoms with van der Waals surface area (Å²) in [7, 11) is 0. The Balaban J connectivity index is 1.89. The predicted molar refractivity (Wildman–Crippen MR) is 84.6 cm³/mol. The SMILES string of the molecule is O=C(COc1ccccc1Br)NCc1ccccc1OC(F)(F)F. The van der Waals surface area contributed by atoms with Crippen molar-refractivity contribution in [3.8, 4) is 11.5 Å². The summed E-state index contributed by atoms with van der Waals surface area (Å²) in [6.45, 7) is -0.366. The minimum absolute atomic E-state index is 0.107. The average molecular weight is 404 g/mol. The van der Waals surface area contributed by atoms with E-state index in [1.807, 2.05) is 0 Å². The van der Waals surface area contributed by atoms with E-state index in [1.165, 1.54) is 18.2 Å². The van der Waals surface area contributed by atoms with Crippen molar-refractivity contribution in [1.82, 2.24) is 5.32 Å². The molecule has 2 rings (SSSR count). The van der Waals surface area contributed by atoms with Gasteiger partial charge in [0.2, 0.25) is 0 Å². The fourth-order valence-electron chi connectivity index (χ4n) is 1.82. The molecule has 0 aliphatic carbocycles. The maximum Gasteiger partial charge on any atom is 0.573 e. The van der Waals surface area contributed by atoms with E-state index >= 15 is 0 Å². The van der Waals surface area contributed by atoms with Crippen LogP contribution in [0.3, 0.4) is 0 Å². The number of amides is 1. The zero-order chi connectivity index (χ0) is 17.6. The zero-order valence-electron chi connectivity index (χ0n) is 12.3. The molecule has 1 amide bonds. The summed E-state index contributed by atoms with van der Waals surface area (Å²) in [5.41, 5.74) is 0.212. The number of para-hydroxylation sites is 2.